The summed E-state index contributed by atoms with van der Waals surface area (Å²) < 4.78 is 26.2. The highest BCUT2D eigenvalue weighted by Crippen LogP contribution is 2.45. The van der Waals surface area contributed by atoms with Crippen LogP contribution < -0.4 is 14.4 Å². The van der Waals surface area contributed by atoms with Crippen LogP contribution >= 0.6 is 11.3 Å². The lowest BCUT2D eigenvalue weighted by atomic mass is 9.95. The van der Waals surface area contributed by atoms with Crippen LogP contribution in [0.4, 0.5) is 9.52 Å². The first-order valence-electron chi connectivity index (χ1n) is 13.8. The van der Waals surface area contributed by atoms with E-state index in [1.165, 1.54) is 23.1 Å². The van der Waals surface area contributed by atoms with Gasteiger partial charge in [-0.1, -0.05) is 60.7 Å². The number of fused-ring (bicyclic) bond motifs is 1. The molecule has 43 heavy (non-hydrogen) atoms. The lowest BCUT2D eigenvalue weighted by molar-refractivity contribution is -0.132. The van der Waals surface area contributed by atoms with Gasteiger partial charge in [0.1, 0.15) is 29.7 Å². The fourth-order valence-electron chi connectivity index (χ4n) is 4.93. The van der Waals surface area contributed by atoms with Gasteiger partial charge in [0.25, 0.3) is 5.78 Å². The van der Waals surface area contributed by atoms with Crippen LogP contribution in [0, 0.1) is 5.82 Å². The zero-order chi connectivity index (χ0) is 29.9. The SMILES string of the molecule is CCCOc1ccc(C(O)=C2C(=O)C(=O)N(c3nc4ccc(F)cc4s3)C2c2cccc(OCc3ccccc3)c2)cc1. The van der Waals surface area contributed by atoms with Crippen LogP contribution in [-0.4, -0.2) is 28.4 Å². The Balaban J connectivity index is 1.44. The lowest BCUT2D eigenvalue weighted by Crippen LogP contribution is -2.29. The molecule has 1 aliphatic heterocycles. The van der Waals surface area contributed by atoms with Crippen molar-refractivity contribution in [2.24, 2.45) is 0 Å². The van der Waals surface area contributed by atoms with E-state index in [2.05, 4.69) is 4.98 Å². The minimum absolute atomic E-state index is 0.0853. The Labute approximate surface area is 251 Å². The maximum atomic E-state index is 14.0. The molecule has 216 valence electrons. The Morgan fingerprint density at radius 3 is 2.49 bits per heavy atom. The fraction of sp³-hybridized carbons (Fsp3) is 0.147. The number of halogens is 1. The number of thiazole rings is 1. The van der Waals surface area contributed by atoms with E-state index in [1.807, 2.05) is 37.3 Å². The van der Waals surface area contributed by atoms with Gasteiger partial charge in [-0.3, -0.25) is 14.5 Å². The van der Waals surface area contributed by atoms with Gasteiger partial charge in [-0.05, 0) is 72.1 Å². The van der Waals surface area contributed by atoms with Crippen molar-refractivity contribution in [3.8, 4) is 11.5 Å². The minimum atomic E-state index is -1.01. The van der Waals surface area contributed by atoms with Gasteiger partial charge in [0.15, 0.2) is 5.13 Å². The van der Waals surface area contributed by atoms with Crippen molar-refractivity contribution in [3.05, 3.63) is 125 Å². The molecule has 0 saturated carbocycles. The standard InChI is InChI=1S/C34H27FN2O5S/c1-2-17-41-25-14-11-22(12-15-25)31(38)29-30(23-9-6-10-26(18-23)42-20-21-7-4-3-5-8-21)37(33(40)32(29)39)34-36-27-16-13-24(35)19-28(27)43-34/h3-16,18-19,30,38H,2,17,20H2,1H3. The summed E-state index contributed by atoms with van der Waals surface area (Å²) in [5, 5.41) is 11.7. The summed E-state index contributed by atoms with van der Waals surface area (Å²) in [7, 11) is 0. The second kappa shape index (κ2) is 12.1. The number of carbonyl (C=O) groups excluding carboxylic acids is 2. The largest absolute Gasteiger partial charge is 0.507 e. The van der Waals surface area contributed by atoms with Gasteiger partial charge in [-0.15, -0.1) is 0 Å². The number of anilines is 1. The van der Waals surface area contributed by atoms with Crippen LogP contribution in [-0.2, 0) is 16.2 Å². The topological polar surface area (TPSA) is 89.0 Å². The van der Waals surface area contributed by atoms with Gasteiger partial charge >= 0.3 is 5.91 Å². The first-order chi connectivity index (χ1) is 20.9. The predicted molar refractivity (Wildman–Crippen MR) is 164 cm³/mol. The van der Waals surface area contributed by atoms with Crippen molar-refractivity contribution in [3.63, 3.8) is 0 Å². The van der Waals surface area contributed by atoms with Crippen molar-refractivity contribution < 1.29 is 28.6 Å². The van der Waals surface area contributed by atoms with Crippen LogP contribution in [0.5, 0.6) is 11.5 Å². The van der Waals surface area contributed by atoms with E-state index in [1.54, 1.807) is 48.5 Å². The molecule has 1 saturated heterocycles. The number of amides is 1. The molecule has 0 bridgehead atoms. The summed E-state index contributed by atoms with van der Waals surface area (Å²) in [5.41, 5.74) is 2.28. The molecule has 7 nitrogen and oxygen atoms in total. The smallest absolute Gasteiger partial charge is 0.301 e. The van der Waals surface area contributed by atoms with Crippen LogP contribution in [0.15, 0.2) is 103 Å². The monoisotopic (exact) mass is 594 g/mol. The van der Waals surface area contributed by atoms with E-state index in [9.17, 15) is 19.1 Å². The number of ketones is 1. The molecule has 4 aromatic carbocycles. The Morgan fingerprint density at radius 1 is 0.930 bits per heavy atom. The van der Waals surface area contributed by atoms with Crippen molar-refractivity contribution in [1.29, 1.82) is 0 Å². The third kappa shape index (κ3) is 5.72. The van der Waals surface area contributed by atoms with Gasteiger partial charge in [0.05, 0.1) is 28.4 Å². The van der Waals surface area contributed by atoms with Crippen LogP contribution in [0.25, 0.3) is 16.0 Å². The van der Waals surface area contributed by atoms with Crippen molar-refractivity contribution in [2.45, 2.75) is 26.0 Å². The normalized spacial score (nSPS) is 16.1. The zero-order valence-electron chi connectivity index (χ0n) is 23.2. The number of nitrogens with zero attached hydrogens (tertiary/aromatic N) is 2. The maximum absolute atomic E-state index is 14.0. The number of benzene rings is 4. The highest BCUT2D eigenvalue weighted by Gasteiger charge is 2.48. The molecule has 2 heterocycles. The van der Waals surface area contributed by atoms with Crippen molar-refractivity contribution in [1.82, 2.24) is 4.98 Å². The Bertz CT molecular complexity index is 1840. The molecule has 9 heteroatoms. The van der Waals surface area contributed by atoms with Crippen LogP contribution in [0.2, 0.25) is 0 Å². The number of carbonyl (C=O) groups is 2. The number of hydrogen-bond donors (Lipinski definition) is 1. The lowest BCUT2D eigenvalue weighted by Gasteiger charge is -2.23. The summed E-state index contributed by atoms with van der Waals surface area (Å²) in [6, 6.07) is 26.6. The molecular formula is C34H27FN2O5S. The Hall–Kier alpha value is -5.02. The molecule has 1 aliphatic rings. The molecule has 1 aromatic heterocycles. The maximum Gasteiger partial charge on any atom is 0.301 e. The predicted octanol–water partition coefficient (Wildman–Crippen LogP) is 7.43. The Morgan fingerprint density at radius 2 is 1.72 bits per heavy atom. The van der Waals surface area contributed by atoms with E-state index < -0.39 is 23.5 Å². The van der Waals surface area contributed by atoms with Gasteiger partial charge in [-0.25, -0.2) is 9.37 Å². The molecule has 0 radical (unpaired) electrons. The molecule has 1 atom stereocenters. The Kier molecular flexibility index (Phi) is 7.89. The molecule has 1 fully saturated rings. The summed E-state index contributed by atoms with van der Waals surface area (Å²) in [4.78, 5) is 33.1. The highest BCUT2D eigenvalue weighted by atomic mass is 32.1. The molecule has 1 amide bonds. The molecule has 1 N–H and O–H groups in total. The fourth-order valence-corrected chi connectivity index (χ4v) is 5.95. The number of hydrogen-bond acceptors (Lipinski definition) is 7. The number of rotatable bonds is 9. The molecular weight excluding hydrogens is 567 g/mol. The zero-order valence-corrected chi connectivity index (χ0v) is 24.0. The van der Waals surface area contributed by atoms with Crippen LogP contribution in [0.1, 0.15) is 36.1 Å². The second-order valence-corrected chi connectivity index (χ2v) is 11.0. The van der Waals surface area contributed by atoms with Gasteiger partial charge in [-0.2, -0.15) is 0 Å². The molecule has 6 rings (SSSR count). The third-order valence-corrected chi connectivity index (χ3v) is 8.03. The van der Waals surface area contributed by atoms with E-state index in [-0.39, 0.29) is 16.5 Å². The van der Waals surface area contributed by atoms with Crippen LogP contribution in [0.3, 0.4) is 0 Å². The minimum Gasteiger partial charge on any atom is -0.507 e. The highest BCUT2D eigenvalue weighted by molar-refractivity contribution is 7.22. The van der Waals surface area contributed by atoms with Crippen molar-refractivity contribution >= 4 is 44.1 Å². The third-order valence-electron chi connectivity index (χ3n) is 7.01. The second-order valence-electron chi connectivity index (χ2n) is 10.00. The molecule has 5 aromatic rings. The number of ether oxygens (including phenoxy) is 2. The number of Topliss-reactive ketones (excluding diaryl/α,β-unsaturated/α-hetero) is 1. The summed E-state index contributed by atoms with van der Waals surface area (Å²) in [6.07, 6.45) is 0.845. The van der Waals surface area contributed by atoms with Gasteiger partial charge in [0.2, 0.25) is 0 Å². The van der Waals surface area contributed by atoms with E-state index in [0.29, 0.717) is 46.1 Å². The quantitative estimate of drug-likeness (QED) is 0.108. The van der Waals surface area contributed by atoms with E-state index in [4.69, 9.17) is 9.47 Å². The molecule has 0 spiro atoms. The summed E-state index contributed by atoms with van der Waals surface area (Å²) >= 11 is 1.09. The van der Waals surface area contributed by atoms with E-state index >= 15 is 0 Å². The summed E-state index contributed by atoms with van der Waals surface area (Å²) in [5.74, 6) is -1.30. The number of aliphatic hydroxyl groups is 1. The van der Waals surface area contributed by atoms with E-state index in [0.717, 1.165) is 23.3 Å². The number of aromatic nitrogens is 1. The molecule has 1 unspecified atom stereocenters. The number of aliphatic hydroxyl groups excluding tert-OH is 1. The summed E-state index contributed by atoms with van der Waals surface area (Å²) in [6.45, 7) is 2.87. The molecule has 0 aliphatic carbocycles. The average molecular weight is 595 g/mol. The first-order valence-corrected chi connectivity index (χ1v) is 14.6. The van der Waals surface area contributed by atoms with Gasteiger partial charge in [0, 0.05) is 5.56 Å². The van der Waals surface area contributed by atoms with Gasteiger partial charge < -0.3 is 14.6 Å². The van der Waals surface area contributed by atoms with Crippen molar-refractivity contribution in [2.75, 3.05) is 11.5 Å². The average Bonchev–Trinajstić information content (AvgIpc) is 3.56. The first kappa shape index (κ1) is 28.1.